The molecule has 1 aromatic rings. The third kappa shape index (κ3) is 2.07. The number of hydrogen-bond acceptors (Lipinski definition) is 1. The summed E-state index contributed by atoms with van der Waals surface area (Å²) in [6, 6.07) is 10.2. The van der Waals surface area contributed by atoms with Crippen molar-refractivity contribution in [3.05, 3.63) is 60.2 Å². The molecule has 1 aromatic carbocycles. The third-order valence-electron chi connectivity index (χ3n) is 2.88. The summed E-state index contributed by atoms with van der Waals surface area (Å²) in [5.74, 6) is 0.450. The van der Waals surface area contributed by atoms with Crippen molar-refractivity contribution >= 4 is 5.78 Å². The highest BCUT2D eigenvalue weighted by molar-refractivity contribution is 5.95. The Morgan fingerprint density at radius 2 is 1.87 bits per heavy atom. The van der Waals surface area contributed by atoms with Gasteiger partial charge in [-0.3, -0.25) is 4.79 Å². The molecule has 0 fully saturated rings. The van der Waals surface area contributed by atoms with E-state index in [2.05, 4.69) is 19.1 Å². The minimum absolute atomic E-state index is 0.00241. The van der Waals surface area contributed by atoms with Gasteiger partial charge in [-0.25, -0.2) is 0 Å². The number of allylic oxidation sites excluding steroid dienone is 4. The zero-order valence-electron chi connectivity index (χ0n) is 8.76. The maximum atomic E-state index is 11.7. The normalized spacial score (nSPS) is 21.7. The van der Waals surface area contributed by atoms with Crippen LogP contribution in [-0.2, 0) is 4.79 Å². The summed E-state index contributed by atoms with van der Waals surface area (Å²) in [6.45, 7) is 2.10. The van der Waals surface area contributed by atoms with E-state index in [4.69, 9.17) is 0 Å². The number of carbonyl (C=O) groups excluding carboxylic acids is 1. The van der Waals surface area contributed by atoms with Gasteiger partial charge in [0.25, 0.3) is 0 Å². The lowest BCUT2D eigenvalue weighted by Crippen LogP contribution is -2.18. The molecular formula is C14H14O. The zero-order valence-corrected chi connectivity index (χ0v) is 8.76. The first-order valence-corrected chi connectivity index (χ1v) is 5.22. The first kappa shape index (κ1) is 9.91. The highest BCUT2D eigenvalue weighted by Gasteiger charge is 2.22. The zero-order chi connectivity index (χ0) is 10.7. The summed E-state index contributed by atoms with van der Waals surface area (Å²) in [5, 5.41) is 0. The van der Waals surface area contributed by atoms with Crippen LogP contribution >= 0.6 is 0 Å². The van der Waals surface area contributed by atoms with Crippen LogP contribution in [0, 0.1) is 5.92 Å². The van der Waals surface area contributed by atoms with Crippen LogP contribution in [0.5, 0.6) is 0 Å². The smallest absolute Gasteiger partial charge is 0.163 e. The fraction of sp³-hybridized carbons (Fsp3) is 0.214. The Hall–Kier alpha value is -1.63. The summed E-state index contributed by atoms with van der Waals surface area (Å²) in [4.78, 5) is 11.7. The van der Waals surface area contributed by atoms with Gasteiger partial charge in [0, 0.05) is 5.92 Å². The lowest BCUT2D eigenvalue weighted by Gasteiger charge is -2.20. The van der Waals surface area contributed by atoms with Crippen LogP contribution in [0.2, 0.25) is 0 Å². The molecule has 0 heterocycles. The first-order chi connectivity index (χ1) is 7.29. The van der Waals surface area contributed by atoms with Gasteiger partial charge in [0.1, 0.15) is 0 Å². The van der Waals surface area contributed by atoms with Crippen molar-refractivity contribution in [2.75, 3.05) is 0 Å². The minimum Gasteiger partial charge on any atom is -0.294 e. The molecule has 1 heteroatoms. The van der Waals surface area contributed by atoms with Crippen molar-refractivity contribution < 1.29 is 4.79 Å². The van der Waals surface area contributed by atoms with Gasteiger partial charge in [-0.05, 0) is 17.6 Å². The van der Waals surface area contributed by atoms with E-state index in [0.717, 1.165) is 0 Å². The van der Waals surface area contributed by atoms with Gasteiger partial charge in [0.05, 0.1) is 0 Å². The molecule has 0 saturated carbocycles. The quantitative estimate of drug-likeness (QED) is 0.713. The molecule has 0 spiro atoms. The molecule has 0 saturated heterocycles. The number of rotatable bonds is 2. The summed E-state index contributed by atoms with van der Waals surface area (Å²) >= 11 is 0. The van der Waals surface area contributed by atoms with Crippen LogP contribution < -0.4 is 0 Å². The van der Waals surface area contributed by atoms with E-state index in [-0.39, 0.29) is 17.6 Å². The molecule has 2 atom stereocenters. The molecule has 1 aliphatic carbocycles. The molecule has 15 heavy (non-hydrogen) atoms. The van der Waals surface area contributed by atoms with Gasteiger partial charge >= 0.3 is 0 Å². The van der Waals surface area contributed by atoms with Crippen LogP contribution in [0.3, 0.4) is 0 Å². The van der Waals surface area contributed by atoms with E-state index >= 15 is 0 Å². The van der Waals surface area contributed by atoms with E-state index < -0.39 is 0 Å². The monoisotopic (exact) mass is 198 g/mol. The Bertz CT molecular complexity index is 401. The number of carbonyl (C=O) groups is 1. The molecule has 0 radical (unpaired) electrons. The second-order valence-electron chi connectivity index (χ2n) is 3.87. The van der Waals surface area contributed by atoms with Gasteiger partial charge in [-0.1, -0.05) is 55.5 Å². The summed E-state index contributed by atoms with van der Waals surface area (Å²) in [5.41, 5.74) is 1.22. The average Bonchev–Trinajstić information content (AvgIpc) is 2.30. The highest BCUT2D eigenvalue weighted by Crippen LogP contribution is 2.27. The Morgan fingerprint density at radius 1 is 1.13 bits per heavy atom. The van der Waals surface area contributed by atoms with E-state index in [1.807, 2.05) is 30.4 Å². The topological polar surface area (TPSA) is 17.1 Å². The highest BCUT2D eigenvalue weighted by atomic mass is 16.1. The standard InChI is InChI=1S/C14H14O/c1-11(12-7-3-2-4-8-12)13-9-5-6-10-14(13)15/h2-11,13H,1H3. The third-order valence-corrected chi connectivity index (χ3v) is 2.88. The first-order valence-electron chi connectivity index (χ1n) is 5.22. The van der Waals surface area contributed by atoms with Gasteiger partial charge in [-0.2, -0.15) is 0 Å². The molecule has 0 bridgehead atoms. The van der Waals surface area contributed by atoms with Crippen LogP contribution in [0.4, 0.5) is 0 Å². The van der Waals surface area contributed by atoms with Crippen LogP contribution in [0.1, 0.15) is 18.4 Å². The second kappa shape index (κ2) is 4.26. The maximum absolute atomic E-state index is 11.7. The van der Waals surface area contributed by atoms with E-state index in [0.29, 0.717) is 0 Å². The predicted molar refractivity (Wildman–Crippen MR) is 61.6 cm³/mol. The maximum Gasteiger partial charge on any atom is 0.163 e. The number of hydrogen-bond donors (Lipinski definition) is 0. The molecule has 1 nitrogen and oxygen atoms in total. The molecule has 0 aromatic heterocycles. The van der Waals surface area contributed by atoms with Crippen LogP contribution in [0.25, 0.3) is 0 Å². The fourth-order valence-electron chi connectivity index (χ4n) is 1.92. The molecule has 2 unspecified atom stereocenters. The molecule has 1 aliphatic rings. The Balaban J connectivity index is 2.22. The van der Waals surface area contributed by atoms with E-state index in [9.17, 15) is 4.79 Å². The van der Waals surface area contributed by atoms with Crippen molar-refractivity contribution in [3.63, 3.8) is 0 Å². The summed E-state index contributed by atoms with van der Waals surface area (Å²) in [7, 11) is 0. The molecule has 0 amide bonds. The number of ketones is 1. The Labute approximate surface area is 90.1 Å². The van der Waals surface area contributed by atoms with E-state index in [1.54, 1.807) is 12.2 Å². The van der Waals surface area contributed by atoms with Crippen molar-refractivity contribution in [2.45, 2.75) is 12.8 Å². The molecular weight excluding hydrogens is 184 g/mol. The SMILES string of the molecule is CC(c1ccccc1)C1C=CC=CC1=O. The molecule has 2 rings (SSSR count). The summed E-state index contributed by atoms with van der Waals surface area (Å²) in [6.07, 6.45) is 7.40. The second-order valence-corrected chi connectivity index (χ2v) is 3.87. The van der Waals surface area contributed by atoms with Crippen molar-refractivity contribution in [1.82, 2.24) is 0 Å². The van der Waals surface area contributed by atoms with Gasteiger partial charge in [-0.15, -0.1) is 0 Å². The summed E-state index contributed by atoms with van der Waals surface area (Å²) < 4.78 is 0. The largest absolute Gasteiger partial charge is 0.294 e. The number of benzene rings is 1. The van der Waals surface area contributed by atoms with Crippen LogP contribution in [0.15, 0.2) is 54.6 Å². The fourth-order valence-corrected chi connectivity index (χ4v) is 1.92. The van der Waals surface area contributed by atoms with Crippen molar-refractivity contribution in [2.24, 2.45) is 5.92 Å². The molecule has 76 valence electrons. The molecule has 0 N–H and O–H groups in total. The van der Waals surface area contributed by atoms with Gasteiger partial charge < -0.3 is 0 Å². The van der Waals surface area contributed by atoms with E-state index in [1.165, 1.54) is 5.56 Å². The average molecular weight is 198 g/mol. The van der Waals surface area contributed by atoms with Gasteiger partial charge in [0.15, 0.2) is 5.78 Å². The Morgan fingerprint density at radius 3 is 2.53 bits per heavy atom. The lowest BCUT2D eigenvalue weighted by atomic mass is 9.83. The lowest BCUT2D eigenvalue weighted by molar-refractivity contribution is -0.117. The predicted octanol–water partition coefficient (Wildman–Crippen LogP) is 3.10. The Kier molecular flexibility index (Phi) is 2.82. The van der Waals surface area contributed by atoms with Crippen LogP contribution in [-0.4, -0.2) is 5.78 Å². The minimum atomic E-state index is -0.00241. The molecule has 0 aliphatic heterocycles. The van der Waals surface area contributed by atoms with Gasteiger partial charge in [0.2, 0.25) is 0 Å². The van der Waals surface area contributed by atoms with Crippen molar-refractivity contribution in [1.29, 1.82) is 0 Å². The van der Waals surface area contributed by atoms with Crippen molar-refractivity contribution in [3.8, 4) is 0 Å².